The molecule has 2 N–H and O–H groups in total. The van der Waals surface area contributed by atoms with Crippen LogP contribution in [0.2, 0.25) is 0 Å². The SMILES string of the molecule is CS(=O)(=O)c1cccc(-c2ccc(C[C@@H](C#N)NC(=O)[C@H]3N[C@@H]4CC[C@H]3C4)cc2)c1. The van der Waals surface area contributed by atoms with Gasteiger partial charge >= 0.3 is 0 Å². The van der Waals surface area contributed by atoms with Gasteiger partial charge in [-0.25, -0.2) is 8.42 Å². The molecule has 0 spiro atoms. The highest BCUT2D eigenvalue weighted by atomic mass is 32.2. The molecule has 30 heavy (non-hydrogen) atoms. The van der Waals surface area contributed by atoms with E-state index in [-0.39, 0.29) is 16.8 Å². The number of benzene rings is 2. The highest BCUT2D eigenvalue weighted by molar-refractivity contribution is 7.90. The number of carbonyl (C=O) groups excluding carboxylic acids is 1. The van der Waals surface area contributed by atoms with Crippen molar-refractivity contribution in [2.75, 3.05) is 6.26 Å². The molecule has 1 amide bonds. The zero-order valence-electron chi connectivity index (χ0n) is 16.8. The number of sulfone groups is 1. The van der Waals surface area contributed by atoms with Gasteiger partial charge in [-0.15, -0.1) is 0 Å². The second kappa shape index (κ2) is 8.21. The van der Waals surface area contributed by atoms with Crippen molar-refractivity contribution in [2.24, 2.45) is 5.92 Å². The predicted molar refractivity (Wildman–Crippen MR) is 114 cm³/mol. The summed E-state index contributed by atoms with van der Waals surface area (Å²) in [5, 5.41) is 15.8. The summed E-state index contributed by atoms with van der Waals surface area (Å²) in [6.07, 6.45) is 4.88. The maximum absolute atomic E-state index is 12.6. The Hall–Kier alpha value is -2.69. The van der Waals surface area contributed by atoms with Crippen LogP contribution in [0.5, 0.6) is 0 Å². The highest BCUT2D eigenvalue weighted by Crippen LogP contribution is 2.35. The van der Waals surface area contributed by atoms with Gasteiger partial charge in [0.1, 0.15) is 6.04 Å². The van der Waals surface area contributed by atoms with E-state index in [4.69, 9.17) is 0 Å². The van der Waals surface area contributed by atoms with Crippen LogP contribution in [-0.2, 0) is 21.1 Å². The Morgan fingerprint density at radius 3 is 2.57 bits per heavy atom. The van der Waals surface area contributed by atoms with E-state index in [2.05, 4.69) is 16.7 Å². The largest absolute Gasteiger partial charge is 0.339 e. The van der Waals surface area contributed by atoms with Gasteiger partial charge in [-0.1, -0.05) is 36.4 Å². The quantitative estimate of drug-likeness (QED) is 0.744. The number of rotatable bonds is 6. The molecule has 1 aliphatic carbocycles. The van der Waals surface area contributed by atoms with Gasteiger partial charge in [0, 0.05) is 18.7 Å². The third kappa shape index (κ3) is 4.40. The molecule has 6 nitrogen and oxygen atoms in total. The molecule has 7 heteroatoms. The van der Waals surface area contributed by atoms with E-state index in [9.17, 15) is 18.5 Å². The summed E-state index contributed by atoms with van der Waals surface area (Å²) in [7, 11) is -3.26. The molecule has 0 aromatic heterocycles. The summed E-state index contributed by atoms with van der Waals surface area (Å²) in [6, 6.07) is 16.3. The Labute approximate surface area is 177 Å². The fraction of sp³-hybridized carbons (Fsp3) is 0.391. The van der Waals surface area contributed by atoms with E-state index in [1.54, 1.807) is 18.2 Å². The number of fused-ring (bicyclic) bond motifs is 2. The number of hydrogen-bond donors (Lipinski definition) is 2. The number of carbonyl (C=O) groups is 1. The van der Waals surface area contributed by atoms with Crippen molar-refractivity contribution in [3.63, 3.8) is 0 Å². The van der Waals surface area contributed by atoms with Crippen LogP contribution in [0, 0.1) is 17.2 Å². The van der Waals surface area contributed by atoms with Gasteiger partial charge in [0.05, 0.1) is 17.0 Å². The van der Waals surface area contributed by atoms with E-state index in [0.717, 1.165) is 36.0 Å². The van der Waals surface area contributed by atoms with Gasteiger partial charge in [0.25, 0.3) is 0 Å². The minimum atomic E-state index is -3.26. The normalized spacial score (nSPS) is 23.7. The number of piperidine rings is 1. The first kappa shape index (κ1) is 20.6. The minimum absolute atomic E-state index is 0.0806. The fourth-order valence-electron chi connectivity index (χ4n) is 4.52. The lowest BCUT2D eigenvalue weighted by molar-refractivity contribution is -0.124. The van der Waals surface area contributed by atoms with Crippen molar-refractivity contribution in [3.05, 3.63) is 54.1 Å². The second-order valence-electron chi connectivity index (χ2n) is 8.31. The lowest BCUT2D eigenvalue weighted by Crippen LogP contribution is -2.50. The number of nitrogens with zero attached hydrogens (tertiary/aromatic N) is 1. The molecule has 0 unspecified atom stereocenters. The predicted octanol–water partition coefficient (Wildman–Crippen LogP) is 2.45. The first-order valence-electron chi connectivity index (χ1n) is 10.2. The Balaban J connectivity index is 1.41. The van der Waals surface area contributed by atoms with Crippen LogP contribution in [0.25, 0.3) is 11.1 Å². The van der Waals surface area contributed by atoms with E-state index < -0.39 is 15.9 Å². The summed E-state index contributed by atoms with van der Waals surface area (Å²) in [4.78, 5) is 12.9. The smallest absolute Gasteiger partial charge is 0.238 e. The molecular formula is C23H25N3O3S. The summed E-state index contributed by atoms with van der Waals surface area (Å²) in [6.45, 7) is 0. The number of nitrogens with one attached hydrogen (secondary N) is 2. The lowest BCUT2D eigenvalue weighted by Gasteiger charge is -2.23. The van der Waals surface area contributed by atoms with Crippen molar-refractivity contribution >= 4 is 15.7 Å². The van der Waals surface area contributed by atoms with Crippen LogP contribution in [0.15, 0.2) is 53.4 Å². The Morgan fingerprint density at radius 1 is 1.20 bits per heavy atom. The molecule has 2 aromatic rings. The molecule has 2 aliphatic rings. The van der Waals surface area contributed by atoms with Gasteiger partial charge in [0.15, 0.2) is 9.84 Å². The minimum Gasteiger partial charge on any atom is -0.339 e. The standard InChI is InChI=1S/C23H25N3O3S/c1-30(28,29)21-4-2-3-17(13-21)16-7-5-15(6-8-16)11-20(14-24)26-23(27)22-18-9-10-19(12-18)25-22/h2-8,13,18-20,22,25H,9-12H2,1H3,(H,26,27)/t18-,19+,20-,22-/m0/s1. The van der Waals surface area contributed by atoms with Crippen molar-refractivity contribution in [1.29, 1.82) is 5.26 Å². The van der Waals surface area contributed by atoms with E-state index in [1.165, 1.54) is 6.26 Å². The van der Waals surface area contributed by atoms with Gasteiger partial charge in [0.2, 0.25) is 5.91 Å². The maximum atomic E-state index is 12.6. The third-order valence-corrected chi connectivity index (χ3v) is 7.21. The molecular weight excluding hydrogens is 398 g/mol. The van der Waals surface area contributed by atoms with Crippen molar-refractivity contribution < 1.29 is 13.2 Å². The summed E-state index contributed by atoms with van der Waals surface area (Å²) < 4.78 is 23.6. The first-order chi connectivity index (χ1) is 14.3. The van der Waals surface area contributed by atoms with Gasteiger partial charge in [-0.3, -0.25) is 4.79 Å². The molecule has 1 aliphatic heterocycles. The van der Waals surface area contributed by atoms with Crippen LogP contribution >= 0.6 is 0 Å². The van der Waals surface area contributed by atoms with Gasteiger partial charge < -0.3 is 10.6 Å². The molecule has 156 valence electrons. The van der Waals surface area contributed by atoms with Crippen LogP contribution < -0.4 is 10.6 Å². The summed E-state index contributed by atoms with van der Waals surface area (Å²) >= 11 is 0. The highest BCUT2D eigenvalue weighted by Gasteiger charge is 2.43. The van der Waals surface area contributed by atoms with Gasteiger partial charge in [-0.05, 0) is 54.0 Å². The number of amides is 1. The average molecular weight is 424 g/mol. The molecule has 2 aromatic carbocycles. The van der Waals surface area contributed by atoms with E-state index in [1.807, 2.05) is 30.3 Å². The van der Waals surface area contributed by atoms with Gasteiger partial charge in [-0.2, -0.15) is 5.26 Å². The van der Waals surface area contributed by atoms with Crippen LogP contribution in [0.1, 0.15) is 24.8 Å². The lowest BCUT2D eigenvalue weighted by atomic mass is 9.98. The van der Waals surface area contributed by atoms with Crippen molar-refractivity contribution in [2.45, 2.75) is 48.7 Å². The van der Waals surface area contributed by atoms with E-state index >= 15 is 0 Å². The summed E-state index contributed by atoms with van der Waals surface area (Å²) in [5.74, 6) is 0.305. The van der Waals surface area contributed by atoms with Crippen molar-refractivity contribution in [3.8, 4) is 17.2 Å². The Kier molecular flexibility index (Phi) is 5.63. The Morgan fingerprint density at radius 2 is 1.97 bits per heavy atom. The summed E-state index contributed by atoms with van der Waals surface area (Å²) in [5.41, 5.74) is 2.65. The molecule has 4 rings (SSSR count). The number of hydrogen-bond acceptors (Lipinski definition) is 5. The first-order valence-corrected chi connectivity index (χ1v) is 12.1. The zero-order chi connectivity index (χ0) is 21.3. The number of nitriles is 1. The van der Waals surface area contributed by atoms with E-state index in [0.29, 0.717) is 18.4 Å². The molecule has 0 radical (unpaired) electrons. The average Bonchev–Trinajstić information content (AvgIpc) is 3.37. The second-order valence-corrected chi connectivity index (χ2v) is 10.3. The van der Waals surface area contributed by atoms with Crippen LogP contribution in [0.4, 0.5) is 0 Å². The van der Waals surface area contributed by atoms with Crippen LogP contribution in [-0.4, -0.2) is 38.7 Å². The maximum Gasteiger partial charge on any atom is 0.238 e. The molecule has 1 heterocycles. The molecule has 1 saturated heterocycles. The topological polar surface area (TPSA) is 99.1 Å². The van der Waals surface area contributed by atoms with Crippen molar-refractivity contribution in [1.82, 2.24) is 10.6 Å². The Bertz CT molecular complexity index is 1090. The third-order valence-electron chi connectivity index (χ3n) is 6.10. The zero-order valence-corrected chi connectivity index (χ0v) is 17.7. The van der Waals surface area contributed by atoms with Crippen LogP contribution in [0.3, 0.4) is 0 Å². The molecule has 1 saturated carbocycles. The monoisotopic (exact) mass is 423 g/mol. The molecule has 4 atom stereocenters. The fourth-order valence-corrected chi connectivity index (χ4v) is 5.18. The molecule has 2 fully saturated rings. The molecule has 2 bridgehead atoms.